The van der Waals surface area contributed by atoms with Crippen molar-refractivity contribution in [3.63, 3.8) is 0 Å². The third-order valence-electron chi connectivity index (χ3n) is 2.71. The highest BCUT2D eigenvalue weighted by molar-refractivity contribution is 6.33. The Bertz CT molecular complexity index is 649. The number of anilines is 3. The molecule has 0 saturated carbocycles. The number of nitrogens with one attached hydrogen (secondary N) is 1. The van der Waals surface area contributed by atoms with E-state index in [-0.39, 0.29) is 10.6 Å². The molecule has 2 rings (SSSR count). The highest BCUT2D eigenvalue weighted by Crippen LogP contribution is 2.22. The Labute approximate surface area is 122 Å². The maximum atomic E-state index is 12.1. The Balaban J connectivity index is 2.27. The van der Waals surface area contributed by atoms with Crippen LogP contribution in [0.15, 0.2) is 35.3 Å². The third kappa shape index (κ3) is 3.30. The number of hydrogen-bond donors (Lipinski definition) is 2. The summed E-state index contributed by atoms with van der Waals surface area (Å²) in [6.45, 7) is 4.58. The molecule has 0 fully saturated rings. The fourth-order valence-electron chi connectivity index (χ4n) is 1.75. The molecule has 20 heavy (non-hydrogen) atoms. The van der Waals surface area contributed by atoms with Crippen molar-refractivity contribution >= 4 is 28.7 Å². The van der Waals surface area contributed by atoms with E-state index in [0.717, 1.165) is 5.69 Å². The molecule has 0 spiro atoms. The molecule has 106 valence electrons. The monoisotopic (exact) mass is 292 g/mol. The van der Waals surface area contributed by atoms with Gasteiger partial charge in [0.2, 0.25) is 0 Å². The van der Waals surface area contributed by atoms with Crippen LogP contribution in [0.2, 0.25) is 5.02 Å². The molecule has 0 atom stereocenters. The van der Waals surface area contributed by atoms with Crippen LogP contribution >= 0.6 is 11.6 Å². The Hall–Kier alpha value is -2.01. The first-order valence-electron chi connectivity index (χ1n) is 6.35. The van der Waals surface area contributed by atoms with Crippen molar-refractivity contribution < 1.29 is 0 Å². The lowest BCUT2D eigenvalue weighted by atomic mass is 10.2. The van der Waals surface area contributed by atoms with Crippen LogP contribution in [0.25, 0.3) is 0 Å². The maximum Gasteiger partial charge on any atom is 0.287 e. The van der Waals surface area contributed by atoms with Gasteiger partial charge in [-0.05, 0) is 30.2 Å². The van der Waals surface area contributed by atoms with Crippen LogP contribution in [0, 0.1) is 5.92 Å². The number of hydrogen-bond acceptors (Lipinski definition) is 4. The second-order valence-corrected chi connectivity index (χ2v) is 5.38. The molecule has 1 aromatic carbocycles. The minimum absolute atomic E-state index is 0.137. The Morgan fingerprint density at radius 3 is 2.60 bits per heavy atom. The second-order valence-electron chi connectivity index (χ2n) is 5.00. The van der Waals surface area contributed by atoms with Crippen LogP contribution in [-0.4, -0.2) is 9.78 Å². The maximum absolute atomic E-state index is 12.1. The van der Waals surface area contributed by atoms with Crippen LogP contribution < -0.4 is 16.6 Å². The smallest absolute Gasteiger partial charge is 0.287 e. The number of benzene rings is 1. The molecular weight excluding hydrogens is 276 g/mol. The fraction of sp³-hybridized carbons (Fsp3) is 0.286. The molecule has 0 aliphatic carbocycles. The summed E-state index contributed by atoms with van der Waals surface area (Å²) in [4.78, 5) is 12.1. The van der Waals surface area contributed by atoms with Gasteiger partial charge in [-0.25, -0.2) is 4.68 Å². The molecule has 1 heterocycles. The summed E-state index contributed by atoms with van der Waals surface area (Å²) in [6, 6.07) is 7.16. The molecule has 0 unspecified atom stereocenters. The van der Waals surface area contributed by atoms with E-state index in [1.54, 1.807) is 18.3 Å². The summed E-state index contributed by atoms with van der Waals surface area (Å²) in [7, 11) is 0. The summed E-state index contributed by atoms with van der Waals surface area (Å²) in [5, 5.41) is 7.32. The Morgan fingerprint density at radius 1 is 1.35 bits per heavy atom. The van der Waals surface area contributed by atoms with E-state index >= 15 is 0 Å². The Kier molecular flexibility index (Phi) is 4.29. The number of rotatable bonds is 4. The lowest BCUT2D eigenvalue weighted by Gasteiger charge is -2.11. The van der Waals surface area contributed by atoms with Gasteiger partial charge in [-0.3, -0.25) is 4.79 Å². The van der Waals surface area contributed by atoms with E-state index in [0.29, 0.717) is 23.8 Å². The zero-order valence-corrected chi connectivity index (χ0v) is 12.2. The lowest BCUT2D eigenvalue weighted by molar-refractivity contribution is 0.464. The standard InChI is InChI=1S/C14H17ClN4O/c1-9(2)8-19-14(20)13(15)12(7-17-19)18-11-5-3-10(16)4-6-11/h3-7,9,18H,8,16H2,1-2H3. The topological polar surface area (TPSA) is 72.9 Å². The number of nitrogens with two attached hydrogens (primary N) is 1. The minimum Gasteiger partial charge on any atom is -0.399 e. The average Bonchev–Trinajstić information content (AvgIpc) is 2.40. The number of halogens is 1. The molecule has 5 nitrogen and oxygen atoms in total. The first-order valence-corrected chi connectivity index (χ1v) is 6.73. The summed E-state index contributed by atoms with van der Waals surface area (Å²) >= 11 is 6.10. The number of aromatic nitrogens is 2. The van der Waals surface area contributed by atoms with Crippen LogP contribution in [-0.2, 0) is 6.54 Å². The van der Waals surface area contributed by atoms with E-state index in [1.807, 2.05) is 26.0 Å². The molecule has 3 N–H and O–H groups in total. The predicted molar refractivity (Wildman–Crippen MR) is 82.5 cm³/mol. The van der Waals surface area contributed by atoms with Crippen molar-refractivity contribution in [3.8, 4) is 0 Å². The van der Waals surface area contributed by atoms with Crippen molar-refractivity contribution in [2.45, 2.75) is 20.4 Å². The SMILES string of the molecule is CC(C)Cn1ncc(Nc2ccc(N)cc2)c(Cl)c1=O. The molecule has 2 aromatic rings. The van der Waals surface area contributed by atoms with E-state index in [4.69, 9.17) is 17.3 Å². The molecular formula is C14H17ClN4O. The zero-order chi connectivity index (χ0) is 14.7. The van der Waals surface area contributed by atoms with Gasteiger partial charge < -0.3 is 11.1 Å². The fourth-order valence-corrected chi connectivity index (χ4v) is 1.94. The highest BCUT2D eigenvalue weighted by Gasteiger charge is 2.10. The summed E-state index contributed by atoms with van der Waals surface area (Å²) < 4.78 is 1.38. The van der Waals surface area contributed by atoms with E-state index < -0.39 is 0 Å². The quantitative estimate of drug-likeness (QED) is 0.850. The minimum atomic E-state index is -0.291. The van der Waals surface area contributed by atoms with Gasteiger partial charge in [0.05, 0.1) is 11.9 Å². The van der Waals surface area contributed by atoms with Crippen LogP contribution in [0.1, 0.15) is 13.8 Å². The molecule has 0 bridgehead atoms. The molecule has 0 aliphatic heterocycles. The molecule has 0 aliphatic rings. The van der Waals surface area contributed by atoms with Crippen molar-refractivity contribution in [1.82, 2.24) is 9.78 Å². The largest absolute Gasteiger partial charge is 0.399 e. The van der Waals surface area contributed by atoms with Gasteiger partial charge in [0.25, 0.3) is 5.56 Å². The zero-order valence-electron chi connectivity index (χ0n) is 11.4. The van der Waals surface area contributed by atoms with Gasteiger partial charge in [-0.2, -0.15) is 5.10 Å². The summed E-state index contributed by atoms with van der Waals surface area (Å²) in [5.41, 5.74) is 7.29. The van der Waals surface area contributed by atoms with Gasteiger partial charge in [0.1, 0.15) is 5.02 Å². The predicted octanol–water partition coefficient (Wildman–Crippen LogP) is 2.88. The van der Waals surface area contributed by atoms with Crippen molar-refractivity contribution in [2.75, 3.05) is 11.1 Å². The van der Waals surface area contributed by atoms with Gasteiger partial charge >= 0.3 is 0 Å². The van der Waals surface area contributed by atoms with Crippen molar-refractivity contribution in [2.24, 2.45) is 5.92 Å². The Morgan fingerprint density at radius 2 is 2.00 bits per heavy atom. The molecule has 0 saturated heterocycles. The normalized spacial score (nSPS) is 10.8. The first-order chi connectivity index (χ1) is 9.47. The van der Waals surface area contributed by atoms with Gasteiger partial charge in [-0.15, -0.1) is 0 Å². The van der Waals surface area contributed by atoms with Crippen molar-refractivity contribution in [1.29, 1.82) is 0 Å². The van der Waals surface area contributed by atoms with Crippen LogP contribution in [0.5, 0.6) is 0 Å². The van der Waals surface area contributed by atoms with E-state index in [2.05, 4.69) is 10.4 Å². The molecule has 0 amide bonds. The van der Waals surface area contributed by atoms with Gasteiger partial charge in [-0.1, -0.05) is 25.4 Å². The number of nitrogen functional groups attached to an aromatic ring is 1. The van der Waals surface area contributed by atoms with Crippen LogP contribution in [0.4, 0.5) is 17.1 Å². The average molecular weight is 293 g/mol. The molecule has 1 aromatic heterocycles. The van der Waals surface area contributed by atoms with Crippen LogP contribution in [0.3, 0.4) is 0 Å². The van der Waals surface area contributed by atoms with E-state index in [9.17, 15) is 4.79 Å². The molecule has 0 radical (unpaired) electrons. The lowest BCUT2D eigenvalue weighted by Crippen LogP contribution is -2.25. The molecule has 6 heteroatoms. The summed E-state index contributed by atoms with van der Waals surface area (Å²) in [5.74, 6) is 0.326. The van der Waals surface area contributed by atoms with E-state index in [1.165, 1.54) is 4.68 Å². The first kappa shape index (κ1) is 14.4. The highest BCUT2D eigenvalue weighted by atomic mass is 35.5. The summed E-state index contributed by atoms with van der Waals surface area (Å²) in [6.07, 6.45) is 1.56. The van der Waals surface area contributed by atoms with Gasteiger partial charge in [0.15, 0.2) is 0 Å². The number of nitrogens with zero attached hydrogens (tertiary/aromatic N) is 2. The van der Waals surface area contributed by atoms with Gasteiger partial charge in [0, 0.05) is 17.9 Å². The third-order valence-corrected chi connectivity index (χ3v) is 3.08. The second kappa shape index (κ2) is 5.96. The van der Waals surface area contributed by atoms with Crippen molar-refractivity contribution in [3.05, 3.63) is 45.8 Å².